The Balaban J connectivity index is 3.18. The molecule has 1 aliphatic heterocycles. The van der Waals surface area contributed by atoms with Crippen LogP contribution >= 0.6 is 0 Å². The lowest BCUT2D eigenvalue weighted by Crippen LogP contribution is -2.23. The lowest BCUT2D eigenvalue weighted by molar-refractivity contribution is -0.122. The van der Waals surface area contributed by atoms with Gasteiger partial charge in [-0.3, -0.25) is 4.79 Å². The average molecular weight is 238 g/mol. The molecule has 0 fully saturated rings. The molecule has 0 bridgehead atoms. The molecule has 0 aromatic heterocycles. The predicted molar refractivity (Wildman–Crippen MR) is 70.7 cm³/mol. The Morgan fingerprint density at radius 1 is 1.06 bits per heavy atom. The van der Waals surface area contributed by atoms with Crippen LogP contribution in [0, 0.1) is 10.8 Å². The van der Waals surface area contributed by atoms with Crippen molar-refractivity contribution in [2.45, 2.75) is 67.4 Å². The number of ketones is 1. The van der Waals surface area contributed by atoms with Gasteiger partial charge in [0.1, 0.15) is 5.76 Å². The van der Waals surface area contributed by atoms with Gasteiger partial charge in [-0.1, -0.05) is 54.9 Å². The van der Waals surface area contributed by atoms with Crippen molar-refractivity contribution in [2.24, 2.45) is 10.8 Å². The van der Waals surface area contributed by atoms with Crippen molar-refractivity contribution in [3.05, 3.63) is 11.3 Å². The lowest BCUT2D eigenvalue weighted by Gasteiger charge is -2.26. The van der Waals surface area contributed by atoms with E-state index in [9.17, 15) is 4.79 Å². The SMILES string of the molecule is CCCC1OC(C(C)(C)C)=C(C(C)(C)C)C1=O. The molecule has 0 aromatic rings. The Kier molecular flexibility index (Phi) is 3.75. The molecule has 1 heterocycles. The van der Waals surface area contributed by atoms with Gasteiger partial charge in [-0.2, -0.15) is 0 Å². The number of carbonyl (C=O) groups is 1. The summed E-state index contributed by atoms with van der Waals surface area (Å²) in [6.07, 6.45) is 1.55. The van der Waals surface area contributed by atoms with Crippen molar-refractivity contribution in [3.8, 4) is 0 Å². The first kappa shape index (κ1) is 14.3. The molecule has 1 unspecified atom stereocenters. The zero-order chi connectivity index (χ0) is 13.4. The second-order valence-electron chi connectivity index (χ2n) is 6.96. The van der Waals surface area contributed by atoms with E-state index in [1.807, 2.05) is 0 Å². The molecular formula is C15H26O2. The molecule has 2 heteroatoms. The third-order valence-electron chi connectivity index (χ3n) is 3.01. The minimum atomic E-state index is -0.247. The fourth-order valence-electron chi connectivity index (χ4n) is 2.24. The van der Waals surface area contributed by atoms with Crippen molar-refractivity contribution >= 4 is 5.78 Å². The number of carbonyl (C=O) groups excluding carboxylic acids is 1. The Morgan fingerprint density at radius 3 is 1.88 bits per heavy atom. The van der Waals surface area contributed by atoms with Crippen LogP contribution in [0.1, 0.15) is 61.3 Å². The highest BCUT2D eigenvalue weighted by atomic mass is 16.5. The van der Waals surface area contributed by atoms with E-state index in [1.54, 1.807) is 0 Å². The van der Waals surface area contributed by atoms with Gasteiger partial charge in [0.25, 0.3) is 0 Å². The van der Waals surface area contributed by atoms with E-state index in [1.165, 1.54) is 0 Å². The van der Waals surface area contributed by atoms with Crippen LogP contribution in [-0.4, -0.2) is 11.9 Å². The molecule has 0 radical (unpaired) electrons. The average Bonchev–Trinajstić information content (AvgIpc) is 2.43. The van der Waals surface area contributed by atoms with Gasteiger partial charge in [0.05, 0.1) is 0 Å². The second-order valence-corrected chi connectivity index (χ2v) is 6.96. The van der Waals surface area contributed by atoms with Crippen molar-refractivity contribution in [1.82, 2.24) is 0 Å². The van der Waals surface area contributed by atoms with Gasteiger partial charge in [0, 0.05) is 11.0 Å². The first-order valence-corrected chi connectivity index (χ1v) is 6.55. The molecule has 0 aromatic carbocycles. The molecule has 1 atom stereocenters. The van der Waals surface area contributed by atoms with Gasteiger partial charge in [0.15, 0.2) is 6.10 Å². The van der Waals surface area contributed by atoms with Gasteiger partial charge >= 0.3 is 0 Å². The van der Waals surface area contributed by atoms with E-state index in [0.29, 0.717) is 0 Å². The molecule has 1 rings (SSSR count). The highest BCUT2D eigenvalue weighted by Crippen LogP contribution is 2.43. The number of allylic oxidation sites excluding steroid dienone is 1. The third kappa shape index (κ3) is 2.91. The summed E-state index contributed by atoms with van der Waals surface area (Å²) in [5.41, 5.74) is 0.659. The highest BCUT2D eigenvalue weighted by Gasteiger charge is 2.43. The topological polar surface area (TPSA) is 26.3 Å². The van der Waals surface area contributed by atoms with Gasteiger partial charge in [-0.25, -0.2) is 0 Å². The fourth-order valence-corrected chi connectivity index (χ4v) is 2.24. The van der Waals surface area contributed by atoms with Crippen molar-refractivity contribution in [2.75, 3.05) is 0 Å². The van der Waals surface area contributed by atoms with E-state index < -0.39 is 0 Å². The summed E-state index contributed by atoms with van der Waals surface area (Å²) >= 11 is 0. The molecule has 98 valence electrons. The van der Waals surface area contributed by atoms with Gasteiger partial charge in [-0.15, -0.1) is 0 Å². The van der Waals surface area contributed by atoms with Crippen molar-refractivity contribution in [3.63, 3.8) is 0 Å². The second kappa shape index (κ2) is 4.47. The van der Waals surface area contributed by atoms with Crippen LogP contribution in [0.25, 0.3) is 0 Å². The summed E-state index contributed by atoms with van der Waals surface area (Å²) in [5.74, 6) is 1.10. The molecule has 17 heavy (non-hydrogen) atoms. The quantitative estimate of drug-likeness (QED) is 0.724. The summed E-state index contributed by atoms with van der Waals surface area (Å²) in [5, 5.41) is 0. The summed E-state index contributed by atoms with van der Waals surface area (Å²) in [4.78, 5) is 12.4. The number of rotatable bonds is 2. The molecule has 0 N–H and O–H groups in total. The van der Waals surface area contributed by atoms with E-state index >= 15 is 0 Å². The zero-order valence-electron chi connectivity index (χ0n) is 12.3. The Morgan fingerprint density at radius 2 is 1.59 bits per heavy atom. The largest absolute Gasteiger partial charge is 0.486 e. The molecule has 0 aliphatic carbocycles. The smallest absolute Gasteiger partial charge is 0.203 e. The summed E-state index contributed by atoms with van der Waals surface area (Å²) in [6.45, 7) is 14.7. The van der Waals surface area contributed by atoms with E-state index in [0.717, 1.165) is 24.2 Å². The predicted octanol–water partition coefficient (Wildman–Crippen LogP) is 4.10. The maximum Gasteiger partial charge on any atom is 0.203 e. The maximum atomic E-state index is 12.4. The zero-order valence-corrected chi connectivity index (χ0v) is 12.3. The molecule has 2 nitrogen and oxygen atoms in total. The Hall–Kier alpha value is -0.790. The maximum absolute atomic E-state index is 12.4. The summed E-state index contributed by atoms with van der Waals surface area (Å²) < 4.78 is 5.95. The van der Waals surface area contributed by atoms with E-state index in [2.05, 4.69) is 48.5 Å². The molecule has 1 aliphatic rings. The summed E-state index contributed by atoms with van der Waals surface area (Å²) in [7, 11) is 0. The minimum absolute atomic E-state index is 0.0965. The lowest BCUT2D eigenvalue weighted by atomic mass is 9.78. The fraction of sp³-hybridized carbons (Fsp3) is 0.800. The standard InChI is InChI=1S/C15H26O2/c1-8-9-10-12(16)11(14(2,3)4)13(17-10)15(5,6)7/h10H,8-9H2,1-7H3. The molecule has 0 saturated carbocycles. The van der Waals surface area contributed by atoms with Crippen LogP contribution < -0.4 is 0 Å². The first-order valence-electron chi connectivity index (χ1n) is 6.55. The van der Waals surface area contributed by atoms with Gasteiger partial charge in [0.2, 0.25) is 5.78 Å². The van der Waals surface area contributed by atoms with Gasteiger partial charge < -0.3 is 4.74 Å². The molecule has 0 saturated heterocycles. The number of hydrogen-bond donors (Lipinski definition) is 0. The molecule has 0 amide bonds. The summed E-state index contributed by atoms with van der Waals surface area (Å²) in [6, 6.07) is 0. The van der Waals surface area contributed by atoms with E-state index in [-0.39, 0.29) is 22.7 Å². The highest BCUT2D eigenvalue weighted by molar-refractivity contribution is 6.02. The van der Waals surface area contributed by atoms with Crippen molar-refractivity contribution in [1.29, 1.82) is 0 Å². The number of Topliss-reactive ketones (excluding diaryl/α,β-unsaturated/α-hetero) is 1. The normalized spacial score (nSPS) is 22.1. The first-order chi connectivity index (χ1) is 7.59. The van der Waals surface area contributed by atoms with Crippen molar-refractivity contribution < 1.29 is 9.53 Å². The number of hydrogen-bond acceptors (Lipinski definition) is 2. The van der Waals surface area contributed by atoms with Crippen LogP contribution in [0.15, 0.2) is 11.3 Å². The van der Waals surface area contributed by atoms with Crippen LogP contribution in [0.3, 0.4) is 0 Å². The van der Waals surface area contributed by atoms with Crippen LogP contribution in [0.4, 0.5) is 0 Å². The number of ether oxygens (including phenoxy) is 1. The Bertz CT molecular complexity index is 337. The van der Waals surface area contributed by atoms with E-state index in [4.69, 9.17) is 4.74 Å². The monoisotopic (exact) mass is 238 g/mol. The minimum Gasteiger partial charge on any atom is -0.486 e. The van der Waals surface area contributed by atoms with Crippen LogP contribution in [0.2, 0.25) is 0 Å². The van der Waals surface area contributed by atoms with Gasteiger partial charge in [-0.05, 0) is 11.8 Å². The van der Waals surface area contributed by atoms with Crippen LogP contribution in [0.5, 0.6) is 0 Å². The molecule has 0 spiro atoms. The van der Waals surface area contributed by atoms with Crippen LogP contribution in [-0.2, 0) is 9.53 Å². The Labute approximate surface area is 105 Å². The molecular weight excluding hydrogens is 212 g/mol. The third-order valence-corrected chi connectivity index (χ3v) is 3.01.